The van der Waals surface area contributed by atoms with E-state index in [9.17, 15) is 0 Å². The molecule has 3 nitrogen and oxygen atoms in total. The van der Waals surface area contributed by atoms with Crippen LogP contribution in [0.3, 0.4) is 0 Å². The van der Waals surface area contributed by atoms with Crippen LogP contribution in [0.4, 0.5) is 0 Å². The predicted octanol–water partition coefficient (Wildman–Crippen LogP) is 1.78. The Hall–Kier alpha value is -0.800. The summed E-state index contributed by atoms with van der Waals surface area (Å²) >= 11 is 0. The fourth-order valence-corrected chi connectivity index (χ4v) is 2.52. The Morgan fingerprint density at radius 3 is 2.47 bits per heavy atom. The number of aromatic nitrogens is 1. The molecule has 1 aromatic heterocycles. The molecule has 0 aliphatic heterocycles. The first-order chi connectivity index (χ1) is 7.15. The van der Waals surface area contributed by atoms with Crippen molar-refractivity contribution < 1.29 is 4.74 Å². The fourth-order valence-electron chi connectivity index (χ4n) is 2.52. The summed E-state index contributed by atoms with van der Waals surface area (Å²) in [5.74, 6) is 0. The minimum Gasteiger partial charge on any atom is -0.376 e. The molecule has 2 rings (SSSR count). The van der Waals surface area contributed by atoms with Crippen molar-refractivity contribution in [2.75, 3.05) is 6.61 Å². The van der Waals surface area contributed by atoms with Crippen molar-refractivity contribution in [3.63, 3.8) is 0 Å². The Kier molecular flexibility index (Phi) is 2.85. The van der Waals surface area contributed by atoms with E-state index in [0.717, 1.165) is 13.0 Å². The van der Waals surface area contributed by atoms with E-state index in [-0.39, 0.29) is 6.04 Å². The van der Waals surface area contributed by atoms with Crippen LogP contribution >= 0.6 is 0 Å². The third-order valence-corrected chi connectivity index (χ3v) is 3.33. The normalized spacial score (nSPS) is 30.3. The first-order valence-electron chi connectivity index (χ1n) is 5.66. The summed E-state index contributed by atoms with van der Waals surface area (Å²) in [6, 6.07) is 4.86. The van der Waals surface area contributed by atoms with E-state index in [2.05, 4.69) is 30.5 Å². The summed E-state index contributed by atoms with van der Waals surface area (Å²) in [5.41, 5.74) is 8.62. The van der Waals surface area contributed by atoms with Gasteiger partial charge in [-0.1, -0.05) is 0 Å². The molecule has 15 heavy (non-hydrogen) atoms. The lowest BCUT2D eigenvalue weighted by Crippen LogP contribution is -2.53. The van der Waals surface area contributed by atoms with Gasteiger partial charge in [0.1, 0.15) is 0 Å². The van der Waals surface area contributed by atoms with Crippen molar-refractivity contribution in [3.05, 3.63) is 23.5 Å². The van der Waals surface area contributed by atoms with Crippen LogP contribution in [0.1, 0.15) is 30.8 Å². The van der Waals surface area contributed by atoms with Gasteiger partial charge in [0, 0.05) is 24.0 Å². The van der Waals surface area contributed by atoms with Crippen molar-refractivity contribution >= 4 is 0 Å². The van der Waals surface area contributed by atoms with Gasteiger partial charge in [-0.2, -0.15) is 0 Å². The Morgan fingerprint density at radius 2 is 2.00 bits per heavy atom. The van der Waals surface area contributed by atoms with Crippen LogP contribution in [-0.4, -0.2) is 23.3 Å². The summed E-state index contributed by atoms with van der Waals surface area (Å²) in [6.07, 6.45) is 1.28. The zero-order chi connectivity index (χ0) is 11.0. The minimum atomic E-state index is 0.242. The van der Waals surface area contributed by atoms with Crippen molar-refractivity contribution in [1.82, 2.24) is 4.57 Å². The number of nitrogens with zero attached hydrogens (tertiary/aromatic N) is 1. The highest BCUT2D eigenvalue weighted by atomic mass is 16.5. The predicted molar refractivity (Wildman–Crippen MR) is 60.9 cm³/mol. The van der Waals surface area contributed by atoms with Gasteiger partial charge in [-0.15, -0.1) is 0 Å². The van der Waals surface area contributed by atoms with Gasteiger partial charge in [0.15, 0.2) is 0 Å². The molecule has 1 aromatic rings. The number of hydrogen-bond donors (Lipinski definition) is 1. The van der Waals surface area contributed by atoms with Crippen LogP contribution in [0.2, 0.25) is 0 Å². The standard InChI is InChI=1S/C12H20N2O/c1-4-15-11-7-10(13)12(11)14-8(2)5-6-9(14)3/h5-6,10-12H,4,7,13H2,1-3H3. The van der Waals surface area contributed by atoms with Crippen molar-refractivity contribution in [3.8, 4) is 0 Å². The SMILES string of the molecule is CCOC1CC(N)C1n1c(C)ccc1C. The van der Waals surface area contributed by atoms with Crippen LogP contribution in [0.5, 0.6) is 0 Å². The van der Waals surface area contributed by atoms with E-state index >= 15 is 0 Å². The second-order valence-corrected chi connectivity index (χ2v) is 4.37. The molecule has 2 N–H and O–H groups in total. The molecule has 0 spiro atoms. The van der Waals surface area contributed by atoms with Gasteiger partial charge in [0.05, 0.1) is 12.1 Å². The van der Waals surface area contributed by atoms with E-state index in [1.807, 2.05) is 6.92 Å². The molecule has 84 valence electrons. The van der Waals surface area contributed by atoms with Gasteiger partial charge in [-0.05, 0) is 39.3 Å². The van der Waals surface area contributed by atoms with Crippen LogP contribution in [0.15, 0.2) is 12.1 Å². The molecule has 1 aliphatic carbocycles. The van der Waals surface area contributed by atoms with Crippen LogP contribution < -0.4 is 5.73 Å². The van der Waals surface area contributed by atoms with Gasteiger partial charge in [0.2, 0.25) is 0 Å². The average Bonchev–Trinajstić information content (AvgIpc) is 2.49. The average molecular weight is 208 g/mol. The number of rotatable bonds is 3. The Labute approximate surface area is 91.2 Å². The van der Waals surface area contributed by atoms with Crippen molar-refractivity contribution in [1.29, 1.82) is 0 Å². The molecule has 0 saturated heterocycles. The monoisotopic (exact) mass is 208 g/mol. The highest BCUT2D eigenvalue weighted by Gasteiger charge is 2.41. The maximum Gasteiger partial charge on any atom is 0.0812 e. The molecule has 3 heteroatoms. The Balaban J connectivity index is 2.22. The third kappa shape index (κ3) is 1.70. The molecule has 1 aliphatic rings. The zero-order valence-corrected chi connectivity index (χ0v) is 9.73. The van der Waals surface area contributed by atoms with Crippen molar-refractivity contribution in [2.24, 2.45) is 5.73 Å². The van der Waals surface area contributed by atoms with Crippen LogP contribution in [0.25, 0.3) is 0 Å². The number of nitrogens with two attached hydrogens (primary N) is 1. The molecular formula is C12H20N2O. The van der Waals surface area contributed by atoms with E-state index in [1.165, 1.54) is 11.4 Å². The maximum absolute atomic E-state index is 6.07. The summed E-state index contributed by atoms with van der Waals surface area (Å²) in [4.78, 5) is 0. The lowest BCUT2D eigenvalue weighted by Gasteiger charge is -2.44. The first-order valence-corrected chi connectivity index (χ1v) is 5.66. The summed E-state index contributed by atoms with van der Waals surface area (Å²) in [7, 11) is 0. The topological polar surface area (TPSA) is 40.2 Å². The van der Waals surface area contributed by atoms with Crippen molar-refractivity contribution in [2.45, 2.75) is 45.4 Å². The number of hydrogen-bond acceptors (Lipinski definition) is 2. The molecule has 0 bridgehead atoms. The Bertz CT molecular complexity index is 324. The van der Waals surface area contributed by atoms with E-state index < -0.39 is 0 Å². The fraction of sp³-hybridized carbons (Fsp3) is 0.667. The molecule has 1 fully saturated rings. The van der Waals surface area contributed by atoms with E-state index in [4.69, 9.17) is 10.5 Å². The van der Waals surface area contributed by atoms with Gasteiger partial charge in [-0.3, -0.25) is 0 Å². The lowest BCUT2D eigenvalue weighted by atomic mass is 9.83. The molecule has 0 amide bonds. The van der Waals surface area contributed by atoms with E-state index in [1.54, 1.807) is 0 Å². The number of ether oxygens (including phenoxy) is 1. The highest BCUT2D eigenvalue weighted by Crippen LogP contribution is 2.36. The molecule has 1 heterocycles. The van der Waals surface area contributed by atoms with E-state index in [0.29, 0.717) is 12.1 Å². The maximum atomic E-state index is 6.07. The molecule has 3 unspecified atom stereocenters. The summed E-state index contributed by atoms with van der Waals surface area (Å²) in [5, 5.41) is 0. The zero-order valence-electron chi connectivity index (χ0n) is 9.73. The molecule has 1 saturated carbocycles. The minimum absolute atomic E-state index is 0.242. The smallest absolute Gasteiger partial charge is 0.0812 e. The largest absolute Gasteiger partial charge is 0.376 e. The van der Waals surface area contributed by atoms with Gasteiger partial charge in [-0.25, -0.2) is 0 Å². The summed E-state index contributed by atoms with van der Waals surface area (Å²) in [6.45, 7) is 7.06. The Morgan fingerprint density at radius 1 is 1.40 bits per heavy atom. The first kappa shape index (κ1) is 10.7. The third-order valence-electron chi connectivity index (χ3n) is 3.33. The lowest BCUT2D eigenvalue weighted by molar-refractivity contribution is -0.0480. The second-order valence-electron chi connectivity index (χ2n) is 4.37. The summed E-state index contributed by atoms with van der Waals surface area (Å²) < 4.78 is 8.01. The quantitative estimate of drug-likeness (QED) is 0.822. The molecular weight excluding hydrogens is 188 g/mol. The second kappa shape index (κ2) is 3.99. The number of aryl methyl sites for hydroxylation is 2. The molecule has 3 atom stereocenters. The van der Waals surface area contributed by atoms with Gasteiger partial charge in [0.25, 0.3) is 0 Å². The molecule has 0 aromatic carbocycles. The highest BCUT2D eigenvalue weighted by molar-refractivity contribution is 5.18. The molecule has 0 radical (unpaired) electrons. The van der Waals surface area contributed by atoms with Gasteiger partial charge >= 0.3 is 0 Å². The van der Waals surface area contributed by atoms with Gasteiger partial charge < -0.3 is 15.0 Å². The van der Waals surface area contributed by atoms with Crippen LogP contribution in [-0.2, 0) is 4.74 Å². The van der Waals surface area contributed by atoms with Crippen LogP contribution in [0, 0.1) is 13.8 Å².